The van der Waals surface area contributed by atoms with E-state index in [2.05, 4.69) is 0 Å². The van der Waals surface area contributed by atoms with Crippen LogP contribution in [-0.4, -0.2) is 31.6 Å². The molecule has 1 radical (unpaired) electrons. The van der Waals surface area contributed by atoms with Crippen LogP contribution in [0.1, 0.15) is 40.5 Å². The Kier molecular flexibility index (Phi) is 3.21. The Balaban J connectivity index is 2.94. The molecule has 0 atom stereocenters. The third kappa shape index (κ3) is 2.67. The standard InChI is InChI=1S/C9H19NO4P/c1-8(2)5-7(15(12,13)14)6-9(3,4)10(8)11/h7H,5-6H2,1-4H3,(H2,12,13,14). The molecule has 0 bridgehead atoms. The first-order valence-corrected chi connectivity index (χ1v) is 6.68. The largest absolute Gasteiger partial charge is 0.632 e. The molecule has 1 fully saturated rings. The molecule has 0 unspecified atom stereocenters. The molecule has 15 heavy (non-hydrogen) atoms. The van der Waals surface area contributed by atoms with Gasteiger partial charge in [-0.05, 0) is 27.7 Å². The summed E-state index contributed by atoms with van der Waals surface area (Å²) in [5.74, 6) is 0. The Bertz CT molecular complexity index is 231. The zero-order chi connectivity index (χ0) is 12.1. The number of hydrogen-bond acceptors (Lipinski definition) is 4. The molecule has 6 heteroatoms. The maximum atomic E-state index is 11.9. The van der Waals surface area contributed by atoms with Gasteiger partial charge in [-0.3, -0.25) is 0 Å². The Hall–Kier alpha value is 0.230. The van der Waals surface area contributed by atoms with Crippen molar-refractivity contribution in [2.24, 2.45) is 0 Å². The molecule has 1 heterocycles. The lowest BCUT2D eigenvalue weighted by molar-refractivity contribution is -0.290. The van der Waals surface area contributed by atoms with Gasteiger partial charge in [0.05, 0.1) is 0 Å². The third-order valence-corrected chi connectivity index (χ3v) is 4.36. The average Bonchev–Trinajstić information content (AvgIpc) is 1.97. The molecule has 0 aromatic heterocycles. The van der Waals surface area contributed by atoms with Crippen LogP contribution in [0.4, 0.5) is 0 Å². The zero-order valence-corrected chi connectivity index (χ0v) is 10.5. The van der Waals surface area contributed by atoms with Gasteiger partial charge in [0.25, 0.3) is 0 Å². The van der Waals surface area contributed by atoms with E-state index in [-0.39, 0.29) is 12.8 Å². The summed E-state index contributed by atoms with van der Waals surface area (Å²) in [6, 6.07) is 0. The maximum Gasteiger partial charge on any atom is 0.233 e. The first-order chi connectivity index (χ1) is 6.47. The Morgan fingerprint density at radius 2 is 1.53 bits per heavy atom. The Labute approximate surface area is 90.9 Å². The molecule has 89 valence electrons. The van der Waals surface area contributed by atoms with Crippen molar-refractivity contribution in [2.45, 2.75) is 57.3 Å². The fraction of sp³-hybridized carbons (Fsp3) is 1.00. The summed E-state index contributed by atoms with van der Waals surface area (Å²) < 4.78 is 0. The van der Waals surface area contributed by atoms with Crippen molar-refractivity contribution in [3.63, 3.8) is 0 Å². The van der Waals surface area contributed by atoms with Gasteiger partial charge in [-0.1, -0.05) is 0 Å². The summed E-state index contributed by atoms with van der Waals surface area (Å²) in [6.45, 7) is 6.90. The fourth-order valence-corrected chi connectivity index (χ4v) is 3.82. The SMILES string of the molecule is CC1(C)CC([P+]([O-])(O)O)CC(C)(C)N1[O]. The van der Waals surface area contributed by atoms with Gasteiger partial charge < -0.3 is 4.89 Å². The van der Waals surface area contributed by atoms with Crippen LogP contribution in [0.2, 0.25) is 0 Å². The zero-order valence-electron chi connectivity index (χ0n) is 9.60. The number of piperidine rings is 1. The van der Waals surface area contributed by atoms with Crippen LogP contribution in [0.5, 0.6) is 0 Å². The highest BCUT2D eigenvalue weighted by molar-refractivity contribution is 7.57. The summed E-state index contributed by atoms with van der Waals surface area (Å²) in [6.07, 6.45) is 0.481. The molecule has 1 rings (SSSR count). The summed E-state index contributed by atoms with van der Waals surface area (Å²) in [7, 11) is -4.09. The van der Waals surface area contributed by atoms with Gasteiger partial charge in [0.15, 0.2) is 0 Å². The maximum absolute atomic E-state index is 11.9. The van der Waals surface area contributed by atoms with Crippen LogP contribution < -0.4 is 4.89 Å². The molecule has 1 saturated heterocycles. The predicted octanol–water partition coefficient (Wildman–Crippen LogP) is 0.461. The normalized spacial score (nSPS) is 28.0. The van der Waals surface area contributed by atoms with Crippen molar-refractivity contribution in [3.8, 4) is 0 Å². The van der Waals surface area contributed by atoms with E-state index < -0.39 is 24.7 Å². The van der Waals surface area contributed by atoms with E-state index in [0.717, 1.165) is 5.06 Å². The van der Waals surface area contributed by atoms with Crippen LogP contribution in [0.15, 0.2) is 0 Å². The first-order valence-electron chi connectivity index (χ1n) is 4.99. The smallest absolute Gasteiger partial charge is 0.233 e. The summed E-state index contributed by atoms with van der Waals surface area (Å²) in [4.78, 5) is 29.6. The third-order valence-electron chi connectivity index (χ3n) is 3.05. The van der Waals surface area contributed by atoms with E-state index in [1.54, 1.807) is 27.7 Å². The molecule has 1 aliphatic rings. The van der Waals surface area contributed by atoms with E-state index in [4.69, 9.17) is 0 Å². The van der Waals surface area contributed by atoms with E-state index in [0.29, 0.717) is 0 Å². The summed E-state index contributed by atoms with van der Waals surface area (Å²) in [5, 5.41) is 12.9. The molecule has 0 amide bonds. The second-order valence-electron chi connectivity index (χ2n) is 5.57. The molecule has 0 aromatic rings. The first kappa shape index (κ1) is 13.3. The second-order valence-corrected chi connectivity index (χ2v) is 7.48. The summed E-state index contributed by atoms with van der Waals surface area (Å²) >= 11 is 0. The molecule has 0 aliphatic carbocycles. The van der Waals surface area contributed by atoms with Crippen LogP contribution in [0.25, 0.3) is 0 Å². The molecule has 0 spiro atoms. The predicted molar refractivity (Wildman–Crippen MR) is 55.1 cm³/mol. The van der Waals surface area contributed by atoms with Crippen molar-refractivity contribution < 1.29 is 19.9 Å². The minimum atomic E-state index is -4.09. The van der Waals surface area contributed by atoms with E-state index >= 15 is 0 Å². The van der Waals surface area contributed by atoms with Gasteiger partial charge in [-0.25, -0.2) is 9.79 Å². The second kappa shape index (κ2) is 3.62. The van der Waals surface area contributed by atoms with Crippen molar-refractivity contribution >= 4 is 7.94 Å². The molecule has 2 N–H and O–H groups in total. The van der Waals surface area contributed by atoms with Crippen LogP contribution in [-0.2, 0) is 5.21 Å². The average molecular weight is 236 g/mol. The van der Waals surface area contributed by atoms with Crippen LogP contribution >= 0.6 is 7.94 Å². The summed E-state index contributed by atoms with van der Waals surface area (Å²) in [5.41, 5.74) is -2.13. The van der Waals surface area contributed by atoms with Gasteiger partial charge >= 0.3 is 0 Å². The quantitative estimate of drug-likeness (QED) is 0.647. The van der Waals surface area contributed by atoms with Gasteiger partial charge in [0, 0.05) is 23.9 Å². The highest BCUT2D eigenvalue weighted by atomic mass is 31.2. The minimum Gasteiger partial charge on any atom is -0.632 e. The highest BCUT2D eigenvalue weighted by Crippen LogP contribution is 2.55. The van der Waals surface area contributed by atoms with Gasteiger partial charge in [0.2, 0.25) is 7.94 Å². The van der Waals surface area contributed by atoms with Crippen molar-refractivity contribution in [3.05, 3.63) is 0 Å². The lowest BCUT2D eigenvalue weighted by Crippen LogP contribution is -2.60. The lowest BCUT2D eigenvalue weighted by atomic mass is 9.82. The lowest BCUT2D eigenvalue weighted by Gasteiger charge is -2.50. The van der Waals surface area contributed by atoms with Crippen molar-refractivity contribution in [1.82, 2.24) is 5.06 Å². The van der Waals surface area contributed by atoms with Gasteiger partial charge in [0.1, 0.15) is 5.66 Å². The molecule has 0 aromatic carbocycles. The number of rotatable bonds is 1. The monoisotopic (exact) mass is 236 g/mol. The van der Waals surface area contributed by atoms with Gasteiger partial charge in [-0.2, -0.15) is 0 Å². The fourth-order valence-electron chi connectivity index (χ4n) is 2.45. The highest BCUT2D eigenvalue weighted by Gasteiger charge is 2.52. The van der Waals surface area contributed by atoms with Crippen LogP contribution in [0, 0.1) is 0 Å². The van der Waals surface area contributed by atoms with E-state index in [1.807, 2.05) is 0 Å². The van der Waals surface area contributed by atoms with Gasteiger partial charge in [-0.15, -0.1) is 10.3 Å². The molecule has 0 saturated carbocycles. The van der Waals surface area contributed by atoms with Crippen molar-refractivity contribution in [2.75, 3.05) is 0 Å². The van der Waals surface area contributed by atoms with E-state index in [1.165, 1.54) is 0 Å². The topological polar surface area (TPSA) is 86.7 Å². The van der Waals surface area contributed by atoms with Crippen LogP contribution in [0.3, 0.4) is 0 Å². The molecular weight excluding hydrogens is 217 g/mol. The number of nitrogens with zero attached hydrogens (tertiary/aromatic N) is 1. The number of hydrogen-bond donors (Lipinski definition) is 2. The molecule has 5 nitrogen and oxygen atoms in total. The number of hydroxylamine groups is 2. The Morgan fingerprint density at radius 1 is 1.20 bits per heavy atom. The molecular formula is C9H19NO4P. The van der Waals surface area contributed by atoms with E-state index in [9.17, 15) is 19.9 Å². The minimum absolute atomic E-state index is 0.240. The Morgan fingerprint density at radius 3 is 1.80 bits per heavy atom. The molecule has 1 aliphatic heterocycles. The van der Waals surface area contributed by atoms with Crippen molar-refractivity contribution in [1.29, 1.82) is 0 Å².